The molecule has 1 unspecified atom stereocenters. The molecule has 0 aromatic heterocycles. The van der Waals surface area contributed by atoms with Crippen molar-refractivity contribution in [3.05, 3.63) is 33.8 Å². The van der Waals surface area contributed by atoms with Gasteiger partial charge >= 0.3 is 5.97 Å². The van der Waals surface area contributed by atoms with Crippen LogP contribution in [0.2, 0.25) is 0 Å². The fourth-order valence-corrected chi connectivity index (χ4v) is 1.41. The largest absolute Gasteiger partial charge is 0.481 e. The van der Waals surface area contributed by atoms with Crippen molar-refractivity contribution >= 4 is 21.9 Å². The van der Waals surface area contributed by atoms with Gasteiger partial charge < -0.3 is 5.11 Å². The molecule has 0 aliphatic heterocycles. The SMILES string of the molecule is CC(C(=O)O)c1c(F)ccc(Br)c1F. The van der Waals surface area contributed by atoms with Crippen LogP contribution < -0.4 is 0 Å². The highest BCUT2D eigenvalue weighted by atomic mass is 79.9. The van der Waals surface area contributed by atoms with E-state index in [4.69, 9.17) is 5.11 Å². The van der Waals surface area contributed by atoms with Crippen LogP contribution in [0.5, 0.6) is 0 Å². The maximum atomic E-state index is 13.3. The Labute approximate surface area is 87.7 Å². The van der Waals surface area contributed by atoms with Gasteiger partial charge in [-0.1, -0.05) is 0 Å². The molecule has 0 spiro atoms. The second-order valence-corrected chi connectivity index (χ2v) is 3.67. The first-order valence-electron chi connectivity index (χ1n) is 3.81. The quantitative estimate of drug-likeness (QED) is 0.835. The Morgan fingerprint density at radius 2 is 2.07 bits per heavy atom. The van der Waals surface area contributed by atoms with Gasteiger partial charge in [-0.2, -0.15) is 0 Å². The van der Waals surface area contributed by atoms with E-state index in [1.165, 1.54) is 13.0 Å². The van der Waals surface area contributed by atoms with E-state index in [9.17, 15) is 13.6 Å². The molecule has 5 heteroatoms. The van der Waals surface area contributed by atoms with Gasteiger partial charge in [0, 0.05) is 5.56 Å². The summed E-state index contributed by atoms with van der Waals surface area (Å²) in [5.41, 5.74) is -0.424. The number of hydrogen-bond donors (Lipinski definition) is 1. The molecular weight excluding hydrogens is 258 g/mol. The van der Waals surface area contributed by atoms with Crippen molar-refractivity contribution in [2.45, 2.75) is 12.8 Å². The van der Waals surface area contributed by atoms with Gasteiger partial charge in [-0.05, 0) is 35.0 Å². The van der Waals surface area contributed by atoms with Crippen molar-refractivity contribution in [3.8, 4) is 0 Å². The number of halogens is 3. The Balaban J connectivity index is 3.32. The summed E-state index contributed by atoms with van der Waals surface area (Å²) >= 11 is 2.86. The molecule has 0 saturated carbocycles. The zero-order valence-electron chi connectivity index (χ0n) is 7.22. The highest BCUT2D eigenvalue weighted by molar-refractivity contribution is 9.10. The molecule has 1 rings (SSSR count). The van der Waals surface area contributed by atoms with Gasteiger partial charge in [-0.15, -0.1) is 0 Å². The Kier molecular flexibility index (Phi) is 3.21. The summed E-state index contributed by atoms with van der Waals surface area (Å²) in [4.78, 5) is 10.6. The predicted molar refractivity (Wildman–Crippen MR) is 50.1 cm³/mol. The van der Waals surface area contributed by atoms with Crippen molar-refractivity contribution in [1.82, 2.24) is 0 Å². The van der Waals surface area contributed by atoms with Crippen molar-refractivity contribution < 1.29 is 18.7 Å². The van der Waals surface area contributed by atoms with Crippen LogP contribution in [-0.4, -0.2) is 11.1 Å². The van der Waals surface area contributed by atoms with Crippen LogP contribution >= 0.6 is 15.9 Å². The fraction of sp³-hybridized carbons (Fsp3) is 0.222. The molecule has 0 amide bonds. The van der Waals surface area contributed by atoms with Crippen LogP contribution in [0.3, 0.4) is 0 Å². The molecule has 0 fully saturated rings. The molecule has 14 heavy (non-hydrogen) atoms. The summed E-state index contributed by atoms with van der Waals surface area (Å²) in [6.07, 6.45) is 0. The molecule has 0 aliphatic rings. The van der Waals surface area contributed by atoms with Gasteiger partial charge in [0.2, 0.25) is 0 Å². The second kappa shape index (κ2) is 4.04. The molecule has 1 N–H and O–H groups in total. The van der Waals surface area contributed by atoms with Crippen LogP contribution in [0, 0.1) is 11.6 Å². The Hall–Kier alpha value is -0.970. The van der Waals surface area contributed by atoms with E-state index in [1.807, 2.05) is 0 Å². The van der Waals surface area contributed by atoms with E-state index >= 15 is 0 Å². The monoisotopic (exact) mass is 264 g/mol. The fourth-order valence-electron chi connectivity index (χ4n) is 1.06. The average molecular weight is 265 g/mol. The molecule has 0 bridgehead atoms. The lowest BCUT2D eigenvalue weighted by molar-refractivity contribution is -0.138. The third-order valence-corrected chi connectivity index (χ3v) is 2.50. The van der Waals surface area contributed by atoms with Gasteiger partial charge in [0.15, 0.2) is 0 Å². The molecule has 2 nitrogen and oxygen atoms in total. The van der Waals surface area contributed by atoms with Crippen molar-refractivity contribution in [2.24, 2.45) is 0 Å². The van der Waals surface area contributed by atoms with Crippen LogP contribution in [-0.2, 0) is 4.79 Å². The number of aliphatic carboxylic acids is 1. The van der Waals surface area contributed by atoms with Crippen molar-refractivity contribution in [1.29, 1.82) is 0 Å². The minimum atomic E-state index is -1.26. The number of carboxylic acid groups (broad SMARTS) is 1. The highest BCUT2D eigenvalue weighted by Crippen LogP contribution is 2.27. The first-order chi connectivity index (χ1) is 6.45. The topological polar surface area (TPSA) is 37.3 Å². The van der Waals surface area contributed by atoms with E-state index in [1.54, 1.807) is 0 Å². The molecule has 1 aromatic carbocycles. The molecule has 0 radical (unpaired) electrons. The summed E-state index contributed by atoms with van der Waals surface area (Å²) in [6.45, 7) is 1.23. The molecule has 0 heterocycles. The highest BCUT2D eigenvalue weighted by Gasteiger charge is 2.23. The minimum absolute atomic E-state index is 0.0574. The summed E-state index contributed by atoms with van der Waals surface area (Å²) in [6, 6.07) is 2.23. The molecular formula is C9H7BrF2O2. The second-order valence-electron chi connectivity index (χ2n) is 2.82. The Morgan fingerprint density at radius 3 is 2.57 bits per heavy atom. The van der Waals surface area contributed by atoms with Gasteiger partial charge in [-0.3, -0.25) is 4.79 Å². The summed E-state index contributed by atoms with van der Waals surface area (Å²) in [5.74, 6) is -4.17. The van der Waals surface area contributed by atoms with Crippen molar-refractivity contribution in [3.63, 3.8) is 0 Å². The molecule has 0 saturated heterocycles. The van der Waals surface area contributed by atoms with Crippen LogP contribution in [0.25, 0.3) is 0 Å². The standard InChI is InChI=1S/C9H7BrF2O2/c1-4(9(13)14)7-6(11)3-2-5(10)8(7)12/h2-4H,1H3,(H,13,14). The maximum Gasteiger partial charge on any atom is 0.310 e. The van der Waals surface area contributed by atoms with Crippen LogP contribution in [0.1, 0.15) is 18.4 Å². The summed E-state index contributed by atoms with van der Waals surface area (Å²) in [5, 5.41) is 8.63. The zero-order chi connectivity index (χ0) is 10.9. The van der Waals surface area contributed by atoms with Crippen molar-refractivity contribution in [2.75, 3.05) is 0 Å². The Bertz CT molecular complexity index is 379. The van der Waals surface area contributed by atoms with E-state index < -0.39 is 29.1 Å². The van der Waals surface area contributed by atoms with E-state index in [0.29, 0.717) is 0 Å². The summed E-state index contributed by atoms with van der Waals surface area (Å²) < 4.78 is 26.5. The zero-order valence-corrected chi connectivity index (χ0v) is 8.81. The van der Waals surface area contributed by atoms with E-state index in [2.05, 4.69) is 15.9 Å². The maximum absolute atomic E-state index is 13.3. The number of carboxylic acids is 1. The smallest absolute Gasteiger partial charge is 0.310 e. The Morgan fingerprint density at radius 1 is 1.50 bits per heavy atom. The van der Waals surface area contributed by atoms with Crippen LogP contribution in [0.4, 0.5) is 8.78 Å². The first-order valence-corrected chi connectivity index (χ1v) is 4.60. The lowest BCUT2D eigenvalue weighted by Gasteiger charge is -2.09. The normalized spacial score (nSPS) is 12.6. The van der Waals surface area contributed by atoms with Gasteiger partial charge in [-0.25, -0.2) is 8.78 Å². The van der Waals surface area contributed by atoms with Gasteiger partial charge in [0.05, 0.1) is 10.4 Å². The molecule has 76 valence electrons. The lowest BCUT2D eigenvalue weighted by atomic mass is 10.0. The third-order valence-electron chi connectivity index (χ3n) is 1.88. The predicted octanol–water partition coefficient (Wildman–Crippen LogP) is 2.92. The van der Waals surface area contributed by atoms with E-state index in [0.717, 1.165) is 6.07 Å². The number of rotatable bonds is 2. The number of hydrogen-bond acceptors (Lipinski definition) is 1. The lowest BCUT2D eigenvalue weighted by Crippen LogP contribution is -2.11. The molecule has 1 aromatic rings. The molecule has 0 aliphatic carbocycles. The van der Waals surface area contributed by atoms with Gasteiger partial charge in [0.25, 0.3) is 0 Å². The van der Waals surface area contributed by atoms with Gasteiger partial charge in [0.1, 0.15) is 11.6 Å². The van der Waals surface area contributed by atoms with Crippen LogP contribution in [0.15, 0.2) is 16.6 Å². The number of carbonyl (C=O) groups is 1. The molecule has 1 atom stereocenters. The average Bonchev–Trinajstić information content (AvgIpc) is 2.12. The number of benzene rings is 1. The first kappa shape index (κ1) is 11.1. The van der Waals surface area contributed by atoms with E-state index in [-0.39, 0.29) is 4.47 Å². The minimum Gasteiger partial charge on any atom is -0.481 e. The third kappa shape index (κ3) is 1.92. The summed E-state index contributed by atoms with van der Waals surface area (Å²) in [7, 11) is 0.